The number of morpholine rings is 1. The number of imidazole rings is 2. The van der Waals surface area contributed by atoms with Crippen molar-refractivity contribution in [1.82, 2.24) is 23.7 Å². The number of hydrogen-bond donors (Lipinski definition) is 0. The van der Waals surface area contributed by atoms with Gasteiger partial charge in [0.25, 0.3) is 6.43 Å². The van der Waals surface area contributed by atoms with Gasteiger partial charge in [0.1, 0.15) is 5.82 Å². The third-order valence-corrected chi connectivity index (χ3v) is 8.50. The average Bonchev–Trinajstić information content (AvgIpc) is 3.59. The van der Waals surface area contributed by atoms with Crippen molar-refractivity contribution >= 4 is 39.1 Å². The van der Waals surface area contributed by atoms with Crippen molar-refractivity contribution in [2.45, 2.75) is 39.5 Å². The first-order valence-corrected chi connectivity index (χ1v) is 14.1. The maximum atomic E-state index is 14.5. The summed E-state index contributed by atoms with van der Waals surface area (Å²) in [6.45, 7) is 10.6. The molecule has 1 aliphatic heterocycles. The van der Waals surface area contributed by atoms with E-state index in [2.05, 4.69) is 30.7 Å². The Morgan fingerprint density at radius 3 is 2.38 bits per heavy atom. The van der Waals surface area contributed by atoms with Crippen LogP contribution in [0.4, 0.5) is 14.5 Å². The van der Waals surface area contributed by atoms with Gasteiger partial charge >= 0.3 is 5.69 Å². The molecule has 0 bridgehead atoms. The van der Waals surface area contributed by atoms with Crippen LogP contribution >= 0.6 is 11.3 Å². The highest BCUT2D eigenvalue weighted by Crippen LogP contribution is 2.40. The molecule has 1 saturated heterocycles. The minimum absolute atomic E-state index is 0.0562. The van der Waals surface area contributed by atoms with E-state index in [4.69, 9.17) is 9.72 Å². The van der Waals surface area contributed by atoms with Gasteiger partial charge < -0.3 is 9.64 Å². The summed E-state index contributed by atoms with van der Waals surface area (Å²) in [4.78, 5) is 25.2. The molecule has 1 aliphatic rings. The molecule has 0 atom stereocenters. The fourth-order valence-electron chi connectivity index (χ4n) is 5.57. The molecular formula is C29H32F2N6O2S. The molecule has 0 amide bonds. The Labute approximate surface area is 234 Å². The number of hydrogen-bond acceptors (Lipinski definition) is 6. The number of aromatic nitrogens is 5. The van der Waals surface area contributed by atoms with Crippen LogP contribution in [-0.2, 0) is 24.2 Å². The van der Waals surface area contributed by atoms with Gasteiger partial charge in [-0.2, -0.15) is 0 Å². The van der Waals surface area contributed by atoms with E-state index in [9.17, 15) is 13.6 Å². The van der Waals surface area contributed by atoms with Gasteiger partial charge in [-0.3, -0.25) is 13.7 Å². The molecule has 4 heterocycles. The zero-order valence-corrected chi connectivity index (χ0v) is 24.3. The zero-order valence-electron chi connectivity index (χ0n) is 23.5. The lowest BCUT2D eigenvalue weighted by atomic mass is 9.95. The SMILES string of the molecule is Cc1ncc(-c2cc3nc(C(C)(C)C)n(-c4cc(N5CCOCC5)c5c(c4)n(C)c(=O)n5C)c3cc2C(F)F)s1. The molecule has 8 nitrogen and oxygen atoms in total. The molecule has 2 aromatic carbocycles. The van der Waals surface area contributed by atoms with Crippen molar-refractivity contribution < 1.29 is 13.5 Å². The number of benzene rings is 2. The molecule has 210 valence electrons. The lowest BCUT2D eigenvalue weighted by Gasteiger charge is -2.30. The van der Waals surface area contributed by atoms with Crippen LogP contribution in [0.2, 0.25) is 0 Å². The van der Waals surface area contributed by atoms with Gasteiger partial charge in [0.2, 0.25) is 0 Å². The van der Waals surface area contributed by atoms with Gasteiger partial charge in [0, 0.05) is 49.9 Å². The molecule has 0 aliphatic carbocycles. The van der Waals surface area contributed by atoms with Crippen LogP contribution in [-0.4, -0.2) is 50.0 Å². The minimum atomic E-state index is -2.68. The quantitative estimate of drug-likeness (QED) is 0.278. The zero-order chi connectivity index (χ0) is 28.5. The number of nitrogens with zero attached hydrogens (tertiary/aromatic N) is 6. The Hall–Kier alpha value is -3.57. The smallest absolute Gasteiger partial charge is 0.328 e. The van der Waals surface area contributed by atoms with Crippen molar-refractivity contribution in [3.63, 3.8) is 0 Å². The number of anilines is 1. The summed E-state index contributed by atoms with van der Waals surface area (Å²) in [5.41, 5.74) is 4.36. The molecule has 5 aromatic rings. The molecule has 0 N–H and O–H groups in total. The van der Waals surface area contributed by atoms with Gasteiger partial charge in [-0.25, -0.2) is 23.5 Å². The van der Waals surface area contributed by atoms with Crippen LogP contribution in [0.3, 0.4) is 0 Å². The summed E-state index contributed by atoms with van der Waals surface area (Å²) in [6, 6.07) is 7.33. The van der Waals surface area contributed by atoms with Gasteiger partial charge in [-0.1, -0.05) is 20.8 Å². The predicted molar refractivity (Wildman–Crippen MR) is 155 cm³/mol. The van der Waals surface area contributed by atoms with Crippen LogP contribution in [0.5, 0.6) is 0 Å². The molecular weight excluding hydrogens is 534 g/mol. The lowest BCUT2D eigenvalue weighted by Crippen LogP contribution is -2.36. The Bertz CT molecular complexity index is 1820. The van der Waals surface area contributed by atoms with E-state index in [1.807, 2.05) is 23.6 Å². The van der Waals surface area contributed by atoms with E-state index < -0.39 is 11.8 Å². The highest BCUT2D eigenvalue weighted by molar-refractivity contribution is 7.15. The number of ether oxygens (including phenoxy) is 1. The second kappa shape index (κ2) is 9.52. The first kappa shape index (κ1) is 26.6. The number of aryl methyl sites for hydroxylation is 3. The topological polar surface area (TPSA) is 70.1 Å². The highest BCUT2D eigenvalue weighted by Gasteiger charge is 2.28. The summed E-state index contributed by atoms with van der Waals surface area (Å²) in [5, 5.41) is 0.814. The van der Waals surface area contributed by atoms with Gasteiger partial charge in [-0.15, -0.1) is 11.3 Å². The molecule has 0 unspecified atom stereocenters. The summed E-state index contributed by atoms with van der Waals surface area (Å²) in [6.07, 6.45) is -1.03. The second-order valence-corrected chi connectivity index (χ2v) is 12.6. The van der Waals surface area contributed by atoms with Crippen molar-refractivity contribution in [2.75, 3.05) is 31.2 Å². The monoisotopic (exact) mass is 566 g/mol. The normalized spacial score (nSPS) is 14.8. The van der Waals surface area contributed by atoms with Crippen LogP contribution in [0.15, 0.2) is 35.3 Å². The maximum absolute atomic E-state index is 14.5. The molecule has 0 saturated carbocycles. The Morgan fingerprint density at radius 1 is 1.02 bits per heavy atom. The summed E-state index contributed by atoms with van der Waals surface area (Å²) in [5.74, 6) is 0.744. The molecule has 0 radical (unpaired) electrons. The predicted octanol–water partition coefficient (Wildman–Crippen LogP) is 5.72. The van der Waals surface area contributed by atoms with Gasteiger partial charge in [-0.05, 0) is 31.2 Å². The lowest BCUT2D eigenvalue weighted by molar-refractivity contribution is 0.123. The van der Waals surface area contributed by atoms with Crippen molar-refractivity contribution in [3.8, 4) is 16.1 Å². The first-order chi connectivity index (χ1) is 19.0. The summed E-state index contributed by atoms with van der Waals surface area (Å²) in [7, 11) is 3.53. The molecule has 3 aromatic heterocycles. The number of fused-ring (bicyclic) bond motifs is 2. The van der Waals surface area contributed by atoms with Crippen molar-refractivity contribution in [2.24, 2.45) is 14.1 Å². The maximum Gasteiger partial charge on any atom is 0.328 e. The number of halogens is 2. The molecule has 6 rings (SSSR count). The Kier molecular flexibility index (Phi) is 6.34. The van der Waals surface area contributed by atoms with E-state index in [1.165, 1.54) is 11.3 Å². The first-order valence-electron chi connectivity index (χ1n) is 13.3. The van der Waals surface area contributed by atoms with E-state index in [0.717, 1.165) is 33.2 Å². The van der Waals surface area contributed by atoms with Crippen LogP contribution in [0.1, 0.15) is 43.6 Å². The molecule has 40 heavy (non-hydrogen) atoms. The fourth-order valence-corrected chi connectivity index (χ4v) is 6.39. The molecule has 0 spiro atoms. The minimum Gasteiger partial charge on any atom is -0.378 e. The van der Waals surface area contributed by atoms with Crippen LogP contribution in [0, 0.1) is 6.92 Å². The third-order valence-electron chi connectivity index (χ3n) is 7.55. The summed E-state index contributed by atoms with van der Waals surface area (Å²) >= 11 is 1.39. The highest BCUT2D eigenvalue weighted by atomic mass is 32.1. The number of rotatable bonds is 4. The van der Waals surface area contributed by atoms with Crippen molar-refractivity contribution in [1.29, 1.82) is 0 Å². The van der Waals surface area contributed by atoms with Gasteiger partial charge in [0.15, 0.2) is 0 Å². The van der Waals surface area contributed by atoms with E-state index in [0.29, 0.717) is 47.8 Å². The van der Waals surface area contributed by atoms with E-state index in [1.54, 1.807) is 41.6 Å². The van der Waals surface area contributed by atoms with Crippen LogP contribution < -0.4 is 10.6 Å². The standard InChI is InChI=1S/C29H32F2N6O2S/c1-16-32-15-24(40-16)18-13-20-21(14-19(18)26(30)31)37(27(33-20)29(2,3)4)17-11-22-25(35(6)28(38)34(22)5)23(12-17)36-7-9-39-10-8-36/h11-15,26H,7-10H2,1-6H3. The summed E-state index contributed by atoms with van der Waals surface area (Å²) < 4.78 is 39.9. The second-order valence-electron chi connectivity index (χ2n) is 11.3. The largest absolute Gasteiger partial charge is 0.378 e. The van der Waals surface area contributed by atoms with E-state index in [-0.39, 0.29) is 11.3 Å². The van der Waals surface area contributed by atoms with E-state index >= 15 is 0 Å². The molecule has 1 fully saturated rings. The third kappa shape index (κ3) is 4.23. The Balaban J connectivity index is 1.69. The van der Waals surface area contributed by atoms with Crippen molar-refractivity contribution in [3.05, 3.63) is 57.3 Å². The molecule has 11 heteroatoms. The Morgan fingerprint density at radius 2 is 1.75 bits per heavy atom. The fraction of sp³-hybridized carbons (Fsp3) is 0.414. The van der Waals surface area contributed by atoms with Gasteiger partial charge in [0.05, 0.1) is 56.5 Å². The van der Waals surface area contributed by atoms with Crippen LogP contribution in [0.25, 0.3) is 38.2 Å². The number of thiazole rings is 1. The average molecular weight is 567 g/mol. The number of alkyl halides is 2.